The number of pyridine rings is 1. The molecule has 0 aliphatic heterocycles. The molecule has 142 valence electrons. The van der Waals surface area contributed by atoms with Gasteiger partial charge in [-0.25, -0.2) is 15.0 Å². The van der Waals surface area contributed by atoms with Gasteiger partial charge in [0.15, 0.2) is 0 Å². The summed E-state index contributed by atoms with van der Waals surface area (Å²) in [6.45, 7) is 0. The van der Waals surface area contributed by atoms with Crippen molar-refractivity contribution in [2.24, 2.45) is 0 Å². The first-order chi connectivity index (χ1) is 14.2. The Morgan fingerprint density at radius 3 is 3.03 bits per heavy atom. The molecule has 1 unspecified atom stereocenters. The lowest BCUT2D eigenvalue weighted by molar-refractivity contribution is 0.0790. The average Bonchev–Trinajstić information content (AvgIpc) is 3.53. The molecule has 29 heavy (non-hydrogen) atoms. The molecule has 4 heterocycles. The second kappa shape index (κ2) is 6.32. The Kier molecular flexibility index (Phi) is 3.71. The van der Waals surface area contributed by atoms with Gasteiger partial charge in [0.2, 0.25) is 0 Å². The van der Waals surface area contributed by atoms with Gasteiger partial charge < -0.3 is 10.1 Å². The van der Waals surface area contributed by atoms with Crippen molar-refractivity contribution in [2.45, 2.75) is 18.4 Å². The number of aliphatic hydroxyl groups is 1. The molecule has 0 radical (unpaired) electrons. The topological polar surface area (TPSA) is 74.7 Å². The lowest BCUT2D eigenvalue weighted by Gasteiger charge is -2.23. The van der Waals surface area contributed by atoms with Gasteiger partial charge in [-0.2, -0.15) is 0 Å². The van der Waals surface area contributed by atoms with E-state index in [1.54, 1.807) is 28.9 Å². The van der Waals surface area contributed by atoms with Gasteiger partial charge >= 0.3 is 0 Å². The molecule has 6 rings (SSSR count). The lowest BCUT2D eigenvalue weighted by atomic mass is 9.90. The summed E-state index contributed by atoms with van der Waals surface area (Å²) < 4.78 is 0. The van der Waals surface area contributed by atoms with Crippen LogP contribution in [0.2, 0.25) is 0 Å². The zero-order valence-corrected chi connectivity index (χ0v) is 16.9. The van der Waals surface area contributed by atoms with Crippen molar-refractivity contribution in [1.29, 1.82) is 0 Å². The normalized spacial score (nSPS) is 18.4. The van der Waals surface area contributed by atoms with Crippen LogP contribution < -0.4 is 0 Å². The summed E-state index contributed by atoms with van der Waals surface area (Å²) in [5.74, 6) is 0. The minimum absolute atomic E-state index is 0.677. The fourth-order valence-electron chi connectivity index (χ4n) is 4.08. The lowest BCUT2D eigenvalue weighted by Crippen LogP contribution is -2.24. The number of hydrogen-bond donors (Lipinski definition) is 2. The first kappa shape index (κ1) is 17.0. The molecule has 5 aromatic rings. The molecule has 7 heteroatoms. The van der Waals surface area contributed by atoms with Gasteiger partial charge in [0, 0.05) is 39.2 Å². The molecule has 1 aliphatic carbocycles. The summed E-state index contributed by atoms with van der Waals surface area (Å²) in [5.41, 5.74) is 6.33. The Morgan fingerprint density at radius 1 is 1.10 bits per heavy atom. The van der Waals surface area contributed by atoms with Gasteiger partial charge in [0.1, 0.15) is 16.3 Å². The van der Waals surface area contributed by atoms with Crippen molar-refractivity contribution >= 4 is 33.7 Å². The summed E-state index contributed by atoms with van der Waals surface area (Å²) in [5, 5.41) is 15.4. The standard InChI is InChI=1S/C22H16N4OS2/c27-22(7-6-18-19(22)25-12-29-18)14-4-1-3-13(9-14)17-11-28-21(26-17)16-10-24-20-15(16)5-2-8-23-20/h1-5,8-12,27H,6-7H2,(H,23,24). The minimum atomic E-state index is -1.01. The second-order valence-corrected chi connectivity index (χ2v) is 9.00. The first-order valence-corrected chi connectivity index (χ1v) is 11.1. The fraction of sp³-hybridized carbons (Fsp3) is 0.136. The molecule has 4 aromatic heterocycles. The summed E-state index contributed by atoms with van der Waals surface area (Å²) in [4.78, 5) is 18.1. The van der Waals surface area contributed by atoms with Crippen LogP contribution in [0.3, 0.4) is 0 Å². The Hall–Kier alpha value is -2.87. The Morgan fingerprint density at radius 2 is 2.07 bits per heavy atom. The van der Waals surface area contributed by atoms with E-state index < -0.39 is 5.60 Å². The maximum absolute atomic E-state index is 11.4. The summed E-state index contributed by atoms with van der Waals surface area (Å²) in [6, 6.07) is 12.0. The van der Waals surface area contributed by atoms with Crippen molar-refractivity contribution in [1.82, 2.24) is 19.9 Å². The van der Waals surface area contributed by atoms with Crippen LogP contribution in [0.5, 0.6) is 0 Å². The molecule has 1 aliphatic rings. The highest BCUT2D eigenvalue weighted by Gasteiger charge is 2.41. The number of rotatable bonds is 3. The molecule has 2 N–H and O–H groups in total. The van der Waals surface area contributed by atoms with Crippen LogP contribution in [-0.2, 0) is 12.0 Å². The van der Waals surface area contributed by atoms with E-state index in [0.29, 0.717) is 6.42 Å². The van der Waals surface area contributed by atoms with Crippen LogP contribution in [0.4, 0.5) is 0 Å². The Balaban J connectivity index is 1.40. The van der Waals surface area contributed by atoms with Crippen LogP contribution in [-0.4, -0.2) is 25.0 Å². The molecule has 0 amide bonds. The average molecular weight is 417 g/mol. The Bertz CT molecular complexity index is 1350. The SMILES string of the molecule is OC1(c2cccc(-c3csc(-c4c[nH]c5ncccc45)n3)c2)CCc2scnc21. The van der Waals surface area contributed by atoms with Crippen molar-refractivity contribution in [2.75, 3.05) is 0 Å². The number of H-pyrrole nitrogens is 1. The molecular weight excluding hydrogens is 400 g/mol. The number of nitrogens with zero attached hydrogens (tertiary/aromatic N) is 3. The van der Waals surface area contributed by atoms with E-state index in [1.807, 2.05) is 42.0 Å². The van der Waals surface area contributed by atoms with Crippen molar-refractivity contribution < 1.29 is 5.11 Å². The molecule has 0 bridgehead atoms. The van der Waals surface area contributed by atoms with E-state index >= 15 is 0 Å². The van der Waals surface area contributed by atoms with E-state index in [-0.39, 0.29) is 0 Å². The van der Waals surface area contributed by atoms with Gasteiger partial charge in [-0.1, -0.05) is 18.2 Å². The highest BCUT2D eigenvalue weighted by molar-refractivity contribution is 7.13. The first-order valence-electron chi connectivity index (χ1n) is 9.36. The third-order valence-corrected chi connectivity index (χ3v) is 7.34. The van der Waals surface area contributed by atoms with E-state index in [2.05, 4.69) is 26.4 Å². The van der Waals surface area contributed by atoms with Crippen LogP contribution in [0.25, 0.3) is 32.9 Å². The molecule has 1 aromatic carbocycles. The predicted octanol–water partition coefficient (Wildman–Crippen LogP) is 4.99. The van der Waals surface area contributed by atoms with Crippen molar-refractivity contribution in [3.8, 4) is 21.8 Å². The fourth-order valence-corrected chi connectivity index (χ4v) is 5.78. The van der Waals surface area contributed by atoms with Gasteiger partial charge in [-0.3, -0.25) is 0 Å². The van der Waals surface area contributed by atoms with Crippen LogP contribution in [0, 0.1) is 0 Å². The number of aromatic amines is 1. The molecular formula is C22H16N4OS2. The molecule has 0 fully saturated rings. The molecule has 0 saturated heterocycles. The number of aryl methyl sites for hydroxylation is 1. The van der Waals surface area contributed by atoms with Gasteiger partial charge in [-0.15, -0.1) is 22.7 Å². The number of thiazole rings is 2. The summed E-state index contributed by atoms with van der Waals surface area (Å²) in [7, 11) is 0. The number of aromatic nitrogens is 4. The van der Waals surface area contributed by atoms with E-state index in [1.165, 1.54) is 4.88 Å². The molecule has 1 atom stereocenters. The predicted molar refractivity (Wildman–Crippen MR) is 116 cm³/mol. The number of fused-ring (bicyclic) bond motifs is 2. The highest BCUT2D eigenvalue weighted by atomic mass is 32.1. The summed E-state index contributed by atoms with van der Waals surface area (Å²) >= 11 is 3.23. The Labute approximate surface area is 174 Å². The number of nitrogens with one attached hydrogen (secondary N) is 1. The third kappa shape index (κ3) is 2.58. The summed E-state index contributed by atoms with van der Waals surface area (Å²) in [6.07, 6.45) is 5.29. The molecule has 5 nitrogen and oxygen atoms in total. The zero-order valence-electron chi connectivity index (χ0n) is 15.3. The van der Waals surface area contributed by atoms with Gasteiger partial charge in [-0.05, 0) is 36.6 Å². The smallest absolute Gasteiger partial charge is 0.137 e. The number of hydrogen-bond acceptors (Lipinski definition) is 6. The quantitative estimate of drug-likeness (QED) is 0.434. The second-order valence-electron chi connectivity index (χ2n) is 7.21. The van der Waals surface area contributed by atoms with E-state index in [9.17, 15) is 5.11 Å². The maximum Gasteiger partial charge on any atom is 0.137 e. The largest absolute Gasteiger partial charge is 0.379 e. The van der Waals surface area contributed by atoms with Crippen molar-refractivity contribution in [3.63, 3.8) is 0 Å². The minimum Gasteiger partial charge on any atom is -0.379 e. The highest BCUT2D eigenvalue weighted by Crippen LogP contribution is 2.43. The zero-order chi connectivity index (χ0) is 19.4. The van der Waals surface area contributed by atoms with Crippen LogP contribution in [0.15, 0.2) is 59.7 Å². The van der Waals surface area contributed by atoms with E-state index in [0.717, 1.165) is 50.5 Å². The van der Waals surface area contributed by atoms with Crippen molar-refractivity contribution in [3.05, 3.63) is 75.8 Å². The van der Waals surface area contributed by atoms with Crippen LogP contribution in [0.1, 0.15) is 22.6 Å². The molecule has 0 saturated carbocycles. The van der Waals surface area contributed by atoms with Gasteiger partial charge in [0.25, 0.3) is 0 Å². The van der Waals surface area contributed by atoms with Gasteiger partial charge in [0.05, 0.1) is 16.9 Å². The van der Waals surface area contributed by atoms with Crippen LogP contribution >= 0.6 is 22.7 Å². The maximum atomic E-state index is 11.4. The monoisotopic (exact) mass is 416 g/mol. The van der Waals surface area contributed by atoms with E-state index in [4.69, 9.17) is 4.98 Å². The number of benzene rings is 1. The molecule has 0 spiro atoms. The third-order valence-electron chi connectivity index (χ3n) is 5.57.